The zero-order valence-electron chi connectivity index (χ0n) is 11.5. The number of rotatable bonds is 4. The van der Waals surface area contributed by atoms with E-state index in [4.69, 9.17) is 4.74 Å². The number of ether oxygens (including phenoxy) is 1. The molecule has 1 aliphatic rings. The van der Waals surface area contributed by atoms with Gasteiger partial charge in [0.05, 0.1) is 13.0 Å². The van der Waals surface area contributed by atoms with Crippen LogP contribution in [0.2, 0.25) is 0 Å². The van der Waals surface area contributed by atoms with Gasteiger partial charge in [-0.3, -0.25) is 4.79 Å². The van der Waals surface area contributed by atoms with Crippen molar-refractivity contribution in [3.05, 3.63) is 29.8 Å². The molecule has 1 aliphatic heterocycles. The van der Waals surface area contributed by atoms with E-state index >= 15 is 0 Å². The third-order valence-electron chi connectivity index (χ3n) is 3.94. The van der Waals surface area contributed by atoms with Gasteiger partial charge in [0.1, 0.15) is 5.75 Å². The minimum Gasteiger partial charge on any atom is -0.508 e. The highest BCUT2D eigenvalue weighted by molar-refractivity contribution is 5.73. The molecule has 19 heavy (non-hydrogen) atoms. The van der Waals surface area contributed by atoms with Crippen LogP contribution in [0.1, 0.15) is 18.4 Å². The monoisotopic (exact) mass is 263 g/mol. The van der Waals surface area contributed by atoms with Gasteiger partial charge in [0.25, 0.3) is 0 Å². The Kier molecular flexibility index (Phi) is 4.43. The molecule has 4 heteroatoms. The first-order chi connectivity index (χ1) is 9.11. The molecule has 1 fully saturated rings. The van der Waals surface area contributed by atoms with E-state index in [-0.39, 0.29) is 23.7 Å². The number of aromatic hydroxyl groups is 1. The van der Waals surface area contributed by atoms with Gasteiger partial charge in [-0.25, -0.2) is 0 Å². The summed E-state index contributed by atoms with van der Waals surface area (Å²) in [6, 6.07) is 7.28. The molecule has 1 heterocycles. The van der Waals surface area contributed by atoms with E-state index in [1.807, 2.05) is 12.1 Å². The number of benzene rings is 1. The first-order valence-electron chi connectivity index (χ1n) is 6.68. The van der Waals surface area contributed by atoms with Crippen molar-refractivity contribution in [3.8, 4) is 5.75 Å². The number of carbonyl (C=O) groups excluding carboxylic acids is 1. The Bertz CT molecular complexity index is 430. The molecule has 0 saturated carbocycles. The lowest BCUT2D eigenvalue weighted by atomic mass is 9.90. The average Bonchev–Trinajstić information content (AvgIpc) is 2.83. The summed E-state index contributed by atoms with van der Waals surface area (Å²) in [6.45, 7) is 1.04. The molecule has 4 nitrogen and oxygen atoms in total. The summed E-state index contributed by atoms with van der Waals surface area (Å²) >= 11 is 0. The number of phenols is 1. The van der Waals surface area contributed by atoms with Crippen LogP contribution in [-0.4, -0.2) is 42.7 Å². The fraction of sp³-hybridized carbons (Fsp3) is 0.533. The van der Waals surface area contributed by atoms with Crippen molar-refractivity contribution < 1.29 is 14.6 Å². The van der Waals surface area contributed by atoms with Crippen LogP contribution in [0.15, 0.2) is 24.3 Å². The lowest BCUT2D eigenvalue weighted by Crippen LogP contribution is -2.38. The first-order valence-corrected chi connectivity index (χ1v) is 6.68. The first kappa shape index (κ1) is 13.9. The van der Waals surface area contributed by atoms with Gasteiger partial charge < -0.3 is 14.7 Å². The Morgan fingerprint density at radius 3 is 2.68 bits per heavy atom. The Labute approximate surface area is 114 Å². The normalized spacial score (nSPS) is 21.3. The lowest BCUT2D eigenvalue weighted by molar-refractivity contribution is -0.147. The molecule has 2 atom stereocenters. The minimum absolute atomic E-state index is 0.137. The Hall–Kier alpha value is -1.55. The number of likely N-dealkylation sites (tertiary alicyclic amines) is 1. The van der Waals surface area contributed by atoms with Gasteiger partial charge in [-0.2, -0.15) is 0 Å². The topological polar surface area (TPSA) is 49.8 Å². The third-order valence-corrected chi connectivity index (χ3v) is 3.94. The van der Waals surface area contributed by atoms with Crippen molar-refractivity contribution in [2.24, 2.45) is 5.92 Å². The van der Waals surface area contributed by atoms with Gasteiger partial charge in [-0.15, -0.1) is 0 Å². The third kappa shape index (κ3) is 3.26. The van der Waals surface area contributed by atoms with Crippen LogP contribution >= 0.6 is 0 Å². The standard InChI is InChI=1S/C15H21NO3/c1-16-9-3-4-14(16)13(15(18)19-2)10-11-5-7-12(17)8-6-11/h5-8,13-14,17H,3-4,9-10H2,1-2H3. The van der Waals surface area contributed by atoms with Crippen molar-refractivity contribution in [1.29, 1.82) is 0 Å². The van der Waals surface area contributed by atoms with Gasteiger partial charge in [0.2, 0.25) is 0 Å². The number of hydrogen-bond donors (Lipinski definition) is 1. The van der Waals surface area contributed by atoms with Gasteiger partial charge >= 0.3 is 5.97 Å². The number of phenolic OH excluding ortho intramolecular Hbond substituents is 1. The van der Waals surface area contributed by atoms with E-state index in [0.29, 0.717) is 6.42 Å². The molecule has 0 radical (unpaired) electrons. The predicted octanol–water partition coefficient (Wildman–Crippen LogP) is 1.82. The molecule has 2 unspecified atom stereocenters. The lowest BCUT2D eigenvalue weighted by Gasteiger charge is -2.27. The van der Waals surface area contributed by atoms with Crippen LogP contribution in [0.4, 0.5) is 0 Å². The van der Waals surface area contributed by atoms with Crippen LogP contribution in [0.25, 0.3) is 0 Å². The van der Waals surface area contributed by atoms with E-state index in [1.54, 1.807) is 12.1 Å². The summed E-state index contributed by atoms with van der Waals surface area (Å²) in [6.07, 6.45) is 2.82. The fourth-order valence-corrected chi connectivity index (χ4v) is 2.86. The molecule has 0 bridgehead atoms. The van der Waals surface area contributed by atoms with Crippen LogP contribution in [-0.2, 0) is 16.0 Å². The minimum atomic E-state index is -0.146. The molecule has 0 spiro atoms. The maximum Gasteiger partial charge on any atom is 0.310 e. The molecule has 0 amide bonds. The summed E-state index contributed by atoms with van der Waals surface area (Å²) in [5, 5.41) is 9.30. The van der Waals surface area contributed by atoms with Gasteiger partial charge in [-0.05, 0) is 50.6 Å². The summed E-state index contributed by atoms with van der Waals surface area (Å²) in [7, 11) is 3.51. The molecule has 1 N–H and O–H groups in total. The second kappa shape index (κ2) is 6.06. The highest BCUT2D eigenvalue weighted by Crippen LogP contribution is 2.26. The van der Waals surface area contributed by atoms with E-state index < -0.39 is 0 Å². The number of methoxy groups -OCH3 is 1. The van der Waals surface area contributed by atoms with E-state index in [1.165, 1.54) is 7.11 Å². The SMILES string of the molecule is COC(=O)C(Cc1ccc(O)cc1)C1CCCN1C. The quantitative estimate of drug-likeness (QED) is 0.842. The van der Waals surface area contributed by atoms with Crippen LogP contribution < -0.4 is 0 Å². The molecule has 104 valence electrons. The summed E-state index contributed by atoms with van der Waals surface area (Å²) in [5.41, 5.74) is 1.05. The van der Waals surface area contributed by atoms with Crippen LogP contribution in [0, 0.1) is 5.92 Å². The number of nitrogens with zero attached hydrogens (tertiary/aromatic N) is 1. The highest BCUT2D eigenvalue weighted by Gasteiger charge is 2.34. The molecule has 2 rings (SSSR count). The maximum atomic E-state index is 12.0. The molecule has 0 aromatic heterocycles. The van der Waals surface area contributed by atoms with Crippen LogP contribution in [0.3, 0.4) is 0 Å². The van der Waals surface area contributed by atoms with E-state index in [2.05, 4.69) is 11.9 Å². The highest BCUT2D eigenvalue weighted by atomic mass is 16.5. The summed E-state index contributed by atoms with van der Waals surface area (Å²) in [4.78, 5) is 14.3. The second-order valence-corrected chi connectivity index (χ2v) is 5.19. The number of esters is 1. The molecular formula is C15H21NO3. The maximum absolute atomic E-state index is 12.0. The number of carbonyl (C=O) groups is 1. The number of hydrogen-bond acceptors (Lipinski definition) is 4. The molecular weight excluding hydrogens is 242 g/mol. The Morgan fingerprint density at radius 1 is 1.47 bits per heavy atom. The van der Waals surface area contributed by atoms with Gasteiger partial charge in [0.15, 0.2) is 0 Å². The molecule has 1 aromatic carbocycles. The van der Waals surface area contributed by atoms with Gasteiger partial charge in [-0.1, -0.05) is 12.1 Å². The second-order valence-electron chi connectivity index (χ2n) is 5.19. The van der Waals surface area contributed by atoms with Crippen molar-refractivity contribution in [2.45, 2.75) is 25.3 Å². The van der Waals surface area contributed by atoms with E-state index in [0.717, 1.165) is 24.9 Å². The summed E-state index contributed by atoms with van der Waals surface area (Å²) in [5.74, 6) is -0.0368. The van der Waals surface area contributed by atoms with Gasteiger partial charge in [0, 0.05) is 6.04 Å². The zero-order valence-corrected chi connectivity index (χ0v) is 11.5. The average molecular weight is 263 g/mol. The van der Waals surface area contributed by atoms with Crippen molar-refractivity contribution >= 4 is 5.97 Å². The Balaban J connectivity index is 2.13. The molecule has 1 aromatic rings. The van der Waals surface area contributed by atoms with Crippen molar-refractivity contribution in [1.82, 2.24) is 4.90 Å². The fourth-order valence-electron chi connectivity index (χ4n) is 2.86. The zero-order chi connectivity index (χ0) is 13.8. The molecule has 1 saturated heterocycles. The smallest absolute Gasteiger partial charge is 0.310 e. The molecule has 0 aliphatic carbocycles. The van der Waals surface area contributed by atoms with E-state index in [9.17, 15) is 9.90 Å². The predicted molar refractivity (Wildman–Crippen MR) is 73.0 cm³/mol. The van der Waals surface area contributed by atoms with Crippen LogP contribution in [0.5, 0.6) is 5.75 Å². The Morgan fingerprint density at radius 2 is 2.16 bits per heavy atom. The van der Waals surface area contributed by atoms with Crippen molar-refractivity contribution in [3.63, 3.8) is 0 Å². The largest absolute Gasteiger partial charge is 0.508 e. The summed E-state index contributed by atoms with van der Waals surface area (Å²) < 4.78 is 4.95. The van der Waals surface area contributed by atoms with Crippen molar-refractivity contribution in [2.75, 3.05) is 20.7 Å².